The number of benzene rings is 3. The summed E-state index contributed by atoms with van der Waals surface area (Å²) in [6, 6.07) is 20.5. The van der Waals surface area contributed by atoms with Crippen molar-refractivity contribution in [1.82, 2.24) is 14.6 Å². The molecule has 38 heavy (non-hydrogen) atoms. The summed E-state index contributed by atoms with van der Waals surface area (Å²) < 4.78 is 8.05. The van der Waals surface area contributed by atoms with Crippen LogP contribution in [0.4, 0.5) is 5.69 Å². The van der Waals surface area contributed by atoms with Gasteiger partial charge in [-0.2, -0.15) is 9.50 Å². The summed E-state index contributed by atoms with van der Waals surface area (Å²) >= 11 is 10.7. The topological polar surface area (TPSA) is 76.8 Å². The molecule has 0 bridgehead atoms. The Morgan fingerprint density at radius 1 is 1.03 bits per heavy atom. The fourth-order valence-corrected chi connectivity index (χ4v) is 5.86. The summed E-state index contributed by atoms with van der Waals surface area (Å²) in [5.41, 5.74) is 3.14. The minimum atomic E-state index is -0.366. The highest BCUT2D eigenvalue weighted by Gasteiger charge is 2.34. The minimum absolute atomic E-state index is 0.238. The largest absolute Gasteiger partial charge is 0.494 e. The molecule has 190 valence electrons. The average Bonchev–Trinajstić information content (AvgIpc) is 3.55. The standard InChI is InChI=1S/C28H20BrClN4O3S/c1-2-13-37-20-10-5-17(6-11-20)25-31-28-34(32-25)27(36)24(38-28)23-21-14-18(29)7-12-22(21)33(26(23)35)15-16-3-8-19(30)9-4-16/h3-12,14H,2,13,15H2,1H3/b24-23-. The Balaban J connectivity index is 1.42. The molecule has 0 spiro atoms. The smallest absolute Gasteiger partial charge is 0.291 e. The Morgan fingerprint density at radius 3 is 2.50 bits per heavy atom. The summed E-state index contributed by atoms with van der Waals surface area (Å²) in [6.45, 7) is 3.05. The molecule has 7 nitrogen and oxygen atoms in total. The van der Waals surface area contributed by atoms with Gasteiger partial charge < -0.3 is 9.64 Å². The molecule has 3 aromatic carbocycles. The van der Waals surface area contributed by atoms with E-state index in [0.717, 1.165) is 33.5 Å². The number of amides is 1. The number of rotatable bonds is 6. The highest BCUT2D eigenvalue weighted by atomic mass is 79.9. The number of halogens is 2. The Morgan fingerprint density at radius 2 is 1.79 bits per heavy atom. The van der Waals surface area contributed by atoms with Crippen LogP contribution >= 0.6 is 38.9 Å². The van der Waals surface area contributed by atoms with Crippen LogP contribution in [0.1, 0.15) is 24.5 Å². The van der Waals surface area contributed by atoms with Crippen molar-refractivity contribution in [2.24, 2.45) is 0 Å². The molecule has 6 rings (SSSR count). The van der Waals surface area contributed by atoms with Gasteiger partial charge in [0.25, 0.3) is 11.5 Å². The monoisotopic (exact) mass is 606 g/mol. The maximum atomic E-state index is 13.7. The predicted octanol–water partition coefficient (Wildman–Crippen LogP) is 5.49. The van der Waals surface area contributed by atoms with E-state index in [9.17, 15) is 9.59 Å². The highest BCUT2D eigenvalue weighted by molar-refractivity contribution is 9.10. The number of carbonyl (C=O) groups is 1. The first-order valence-electron chi connectivity index (χ1n) is 12.0. The van der Waals surface area contributed by atoms with Crippen LogP contribution in [0, 0.1) is 0 Å². The number of aromatic nitrogens is 3. The van der Waals surface area contributed by atoms with Gasteiger partial charge in [-0.1, -0.05) is 57.9 Å². The van der Waals surface area contributed by atoms with E-state index in [0.29, 0.717) is 44.6 Å². The van der Waals surface area contributed by atoms with Gasteiger partial charge in [-0.25, -0.2) is 0 Å². The molecule has 5 aromatic rings. The second kappa shape index (κ2) is 9.98. The fourth-order valence-electron chi connectivity index (χ4n) is 4.38. The van der Waals surface area contributed by atoms with Crippen molar-refractivity contribution in [3.63, 3.8) is 0 Å². The lowest BCUT2D eigenvalue weighted by Gasteiger charge is -2.17. The third-order valence-corrected chi connectivity index (χ3v) is 7.98. The molecule has 2 aromatic heterocycles. The third-order valence-electron chi connectivity index (χ3n) is 6.20. The first-order valence-corrected chi connectivity index (χ1v) is 13.9. The molecule has 0 saturated carbocycles. The molecule has 1 aliphatic heterocycles. The average molecular weight is 608 g/mol. The molecule has 0 saturated heterocycles. The molecule has 10 heteroatoms. The molecule has 1 amide bonds. The van der Waals surface area contributed by atoms with Crippen LogP contribution in [-0.4, -0.2) is 27.1 Å². The van der Waals surface area contributed by atoms with Crippen LogP contribution in [0.3, 0.4) is 0 Å². The number of thiazole rings is 1. The van der Waals surface area contributed by atoms with Crippen LogP contribution in [0.25, 0.3) is 21.9 Å². The Hall–Kier alpha value is -3.53. The number of carbonyl (C=O) groups excluding carboxylic acids is 1. The maximum Gasteiger partial charge on any atom is 0.291 e. The molecule has 0 atom stereocenters. The quantitative estimate of drug-likeness (QED) is 0.255. The highest BCUT2D eigenvalue weighted by Crippen LogP contribution is 2.38. The van der Waals surface area contributed by atoms with Crippen molar-refractivity contribution < 1.29 is 9.53 Å². The Bertz CT molecular complexity index is 1800. The zero-order valence-electron chi connectivity index (χ0n) is 20.1. The van der Waals surface area contributed by atoms with Crippen LogP contribution in [0.2, 0.25) is 5.02 Å². The molecule has 0 aliphatic carbocycles. The van der Waals surface area contributed by atoms with Crippen molar-refractivity contribution in [2.75, 3.05) is 11.5 Å². The van der Waals surface area contributed by atoms with Crippen molar-refractivity contribution in [3.05, 3.63) is 102 Å². The van der Waals surface area contributed by atoms with E-state index in [1.807, 2.05) is 54.6 Å². The Labute approximate surface area is 235 Å². The zero-order chi connectivity index (χ0) is 26.4. The molecular formula is C28H20BrClN4O3S. The predicted molar refractivity (Wildman–Crippen MR) is 153 cm³/mol. The lowest BCUT2D eigenvalue weighted by atomic mass is 10.1. The van der Waals surface area contributed by atoms with Crippen molar-refractivity contribution in [3.8, 4) is 17.1 Å². The summed E-state index contributed by atoms with van der Waals surface area (Å²) in [5.74, 6) is 0.974. The third kappa shape index (κ3) is 4.40. The van der Waals surface area contributed by atoms with E-state index in [4.69, 9.17) is 16.3 Å². The number of ether oxygens (including phenoxy) is 1. The van der Waals surface area contributed by atoms with E-state index < -0.39 is 0 Å². The lowest BCUT2D eigenvalue weighted by Crippen LogP contribution is -2.32. The summed E-state index contributed by atoms with van der Waals surface area (Å²) in [4.78, 5) is 34.0. The van der Waals surface area contributed by atoms with Crippen molar-refractivity contribution >= 4 is 61.0 Å². The normalized spacial score (nSPS) is 14.4. The second-order valence-electron chi connectivity index (χ2n) is 8.79. The SMILES string of the molecule is CCCOc1ccc(-c2nc3s/c(=C4\C(=O)N(Cc5ccc(Cl)cc5)c5ccc(Br)cc54)c(=O)n3n2)cc1. The van der Waals surface area contributed by atoms with E-state index in [-0.39, 0.29) is 11.5 Å². The summed E-state index contributed by atoms with van der Waals surface area (Å²) in [5, 5.41) is 5.09. The van der Waals surface area contributed by atoms with E-state index in [1.165, 1.54) is 15.9 Å². The zero-order valence-corrected chi connectivity index (χ0v) is 23.3. The first-order chi connectivity index (χ1) is 18.4. The van der Waals surface area contributed by atoms with Gasteiger partial charge in [0, 0.05) is 20.6 Å². The number of nitrogens with zero attached hydrogens (tertiary/aromatic N) is 4. The van der Waals surface area contributed by atoms with Gasteiger partial charge >= 0.3 is 0 Å². The van der Waals surface area contributed by atoms with Gasteiger partial charge in [-0.15, -0.1) is 5.10 Å². The lowest BCUT2D eigenvalue weighted by molar-refractivity contribution is -0.113. The minimum Gasteiger partial charge on any atom is -0.494 e. The first kappa shape index (κ1) is 24.8. The second-order valence-corrected chi connectivity index (χ2v) is 11.1. The number of anilines is 1. The number of hydrogen-bond acceptors (Lipinski definition) is 6. The summed E-state index contributed by atoms with van der Waals surface area (Å²) in [7, 11) is 0. The van der Waals surface area contributed by atoms with E-state index in [1.54, 1.807) is 17.0 Å². The van der Waals surface area contributed by atoms with Crippen LogP contribution < -0.4 is 19.7 Å². The molecule has 0 radical (unpaired) electrons. The van der Waals surface area contributed by atoms with Crippen LogP contribution in [-0.2, 0) is 11.3 Å². The molecule has 0 unspecified atom stereocenters. The van der Waals surface area contributed by atoms with Crippen molar-refractivity contribution in [1.29, 1.82) is 0 Å². The van der Waals surface area contributed by atoms with Gasteiger partial charge in [0.05, 0.1) is 24.4 Å². The Kier molecular flexibility index (Phi) is 6.51. The number of fused-ring (bicyclic) bond motifs is 2. The molecular weight excluding hydrogens is 588 g/mol. The molecule has 0 fully saturated rings. The summed E-state index contributed by atoms with van der Waals surface area (Å²) in [6.07, 6.45) is 0.928. The molecule has 1 aliphatic rings. The van der Waals surface area contributed by atoms with Gasteiger partial charge in [0.15, 0.2) is 5.82 Å². The van der Waals surface area contributed by atoms with Gasteiger partial charge in [-0.3, -0.25) is 9.59 Å². The maximum absolute atomic E-state index is 13.7. The van der Waals surface area contributed by atoms with Crippen molar-refractivity contribution in [2.45, 2.75) is 19.9 Å². The van der Waals surface area contributed by atoms with Gasteiger partial charge in [0.1, 0.15) is 10.3 Å². The van der Waals surface area contributed by atoms with Gasteiger partial charge in [-0.05, 0) is 66.6 Å². The van der Waals surface area contributed by atoms with Crippen LogP contribution in [0.5, 0.6) is 5.75 Å². The molecule has 3 heterocycles. The van der Waals surface area contributed by atoms with E-state index >= 15 is 0 Å². The van der Waals surface area contributed by atoms with E-state index in [2.05, 4.69) is 32.9 Å². The number of hydrogen-bond donors (Lipinski definition) is 0. The fraction of sp³-hybridized carbons (Fsp3) is 0.143. The molecule has 0 N–H and O–H groups in total. The van der Waals surface area contributed by atoms with Gasteiger partial charge in [0.2, 0.25) is 4.96 Å². The van der Waals surface area contributed by atoms with Crippen LogP contribution in [0.15, 0.2) is 76.0 Å².